The van der Waals surface area contributed by atoms with Crippen LogP contribution in [0.4, 0.5) is 17.8 Å². The van der Waals surface area contributed by atoms with Crippen molar-refractivity contribution in [2.45, 2.75) is 64.3 Å². The molecule has 5 heterocycles. The first-order valence-corrected chi connectivity index (χ1v) is 20.2. The summed E-state index contributed by atoms with van der Waals surface area (Å²) in [6, 6.07) is -0.909. The summed E-state index contributed by atoms with van der Waals surface area (Å²) < 4.78 is 19.4. The molecule has 1 unspecified atom stereocenters. The molecule has 0 saturated carbocycles. The van der Waals surface area contributed by atoms with Gasteiger partial charge < -0.3 is 55.1 Å². The fourth-order valence-electron chi connectivity index (χ4n) is 6.60. The van der Waals surface area contributed by atoms with E-state index in [1.54, 1.807) is 36.0 Å². The maximum absolute atomic E-state index is 13.8. The van der Waals surface area contributed by atoms with Crippen LogP contribution in [0.3, 0.4) is 0 Å². The summed E-state index contributed by atoms with van der Waals surface area (Å²) in [4.78, 5) is 48.8. The van der Waals surface area contributed by atoms with Crippen molar-refractivity contribution >= 4 is 29.7 Å². The number of aromatic nitrogens is 9. The highest BCUT2D eigenvalue weighted by atomic mass is 16.5. The zero-order valence-electron chi connectivity index (χ0n) is 34.1. The van der Waals surface area contributed by atoms with Gasteiger partial charge in [0.2, 0.25) is 29.7 Å². The Morgan fingerprint density at radius 1 is 0.831 bits per heavy atom. The molecule has 0 aliphatic carbocycles. The lowest BCUT2D eigenvalue weighted by atomic mass is 10.1. The Labute approximate surface area is 344 Å². The van der Waals surface area contributed by atoms with Crippen LogP contribution < -0.4 is 20.9 Å². The van der Waals surface area contributed by atoms with E-state index in [1.807, 2.05) is 9.80 Å². The molecule has 5 rings (SSSR count). The third-order valence-corrected chi connectivity index (χ3v) is 9.69. The average molecular weight is 826 g/mol. The van der Waals surface area contributed by atoms with Crippen LogP contribution in [-0.4, -0.2) is 194 Å². The first-order valence-electron chi connectivity index (χ1n) is 20.2. The number of carbonyl (C=O) groups excluding carboxylic acids is 2. The average Bonchev–Trinajstić information content (AvgIpc) is 3.88. The highest BCUT2D eigenvalue weighted by Crippen LogP contribution is 2.22. The smallest absolute Gasteiger partial charge is 0.250 e. The van der Waals surface area contributed by atoms with Gasteiger partial charge >= 0.3 is 0 Å². The Hall–Kier alpha value is -5.05. The van der Waals surface area contributed by atoms with Gasteiger partial charge in [0.05, 0.1) is 56.6 Å². The summed E-state index contributed by atoms with van der Waals surface area (Å²) in [6.45, 7) is 10.2. The largest absolute Gasteiger partial charge is 0.393 e. The molecule has 5 N–H and O–H groups in total. The second-order valence-electron chi connectivity index (χ2n) is 14.4. The van der Waals surface area contributed by atoms with E-state index >= 15 is 0 Å². The first-order chi connectivity index (χ1) is 28.6. The Bertz CT molecular complexity index is 1770. The summed E-state index contributed by atoms with van der Waals surface area (Å²) in [5.41, 5.74) is 7.00. The minimum atomic E-state index is -0.985. The molecule has 0 bridgehead atoms. The lowest BCUT2D eigenvalue weighted by Crippen LogP contribution is -2.52. The molecule has 2 aliphatic heterocycles. The van der Waals surface area contributed by atoms with E-state index in [2.05, 4.69) is 31.9 Å². The molecule has 3 aromatic rings. The first kappa shape index (κ1) is 45.0. The third kappa shape index (κ3) is 14.0. The number of nitrogens with one attached hydrogen (secondary N) is 1. The van der Waals surface area contributed by atoms with Crippen LogP contribution in [0.25, 0.3) is 0 Å². The van der Waals surface area contributed by atoms with Gasteiger partial charge in [-0.15, -0.1) is 16.6 Å². The number of carbonyl (C=O) groups is 2. The predicted octanol–water partition coefficient (Wildman–Crippen LogP) is -2.03. The number of piperazine rings is 2. The summed E-state index contributed by atoms with van der Waals surface area (Å²) in [6.07, 6.45) is 9.83. The normalized spacial score (nSPS) is 16.2. The second kappa shape index (κ2) is 23.5. The number of anilines is 3. The van der Waals surface area contributed by atoms with Gasteiger partial charge in [0.25, 0.3) is 0 Å². The van der Waals surface area contributed by atoms with Gasteiger partial charge in [-0.25, -0.2) is 9.36 Å². The molecule has 0 spiro atoms. The molecule has 2 aliphatic rings. The minimum Gasteiger partial charge on any atom is -0.393 e. The van der Waals surface area contributed by atoms with Crippen molar-refractivity contribution in [2.75, 3.05) is 120 Å². The number of terminal acetylenes is 1. The quantitative estimate of drug-likeness (QED) is 0.0562. The highest BCUT2D eigenvalue weighted by Gasteiger charge is 2.34. The maximum atomic E-state index is 13.8. The van der Waals surface area contributed by atoms with E-state index in [1.165, 1.54) is 9.36 Å². The molecular formula is C37H59N15O7. The number of aliphatic hydroxyl groups excluding tert-OH is 2. The molecular weight excluding hydrogens is 767 g/mol. The van der Waals surface area contributed by atoms with Gasteiger partial charge in [0.15, 0.2) is 6.04 Å². The number of hydrogen-bond acceptors (Lipinski definition) is 18. The van der Waals surface area contributed by atoms with E-state index in [9.17, 15) is 19.8 Å². The van der Waals surface area contributed by atoms with Crippen LogP contribution in [0.1, 0.15) is 44.1 Å². The molecule has 324 valence electrons. The number of amides is 2. The summed E-state index contributed by atoms with van der Waals surface area (Å²) >= 11 is 0. The van der Waals surface area contributed by atoms with Crippen LogP contribution >= 0.6 is 0 Å². The fourth-order valence-corrected chi connectivity index (χ4v) is 6.60. The molecule has 2 amide bonds. The van der Waals surface area contributed by atoms with E-state index in [0.29, 0.717) is 135 Å². The maximum Gasteiger partial charge on any atom is 0.250 e. The number of hydrogen-bond donors (Lipinski definition) is 4. The van der Waals surface area contributed by atoms with Gasteiger partial charge in [0.1, 0.15) is 13.2 Å². The SMILES string of the molecule is C#CCOCCOCCOCCNc1nc(N2CCN(C(=O)Cn3cc(CC(C)O)nn3)CC2)nc(N2CCN(C(=O)[C@H]([C@@H](C)O)n3cc(CCCCN)nn3)CC2)n1. The number of rotatable bonds is 24. The molecule has 3 atom stereocenters. The Kier molecular flexibility index (Phi) is 18.0. The number of nitrogens with two attached hydrogens (primary N) is 1. The van der Waals surface area contributed by atoms with Crippen molar-refractivity contribution in [3.05, 3.63) is 23.8 Å². The standard InChI is InChI=1S/C37H59N15O7/c1-4-18-57-20-22-59-23-21-58-19-9-39-35-40-36(49-14-10-47(11-15-49)32(55)27-51-25-31(44-45-51)24-28(2)53)42-37(41-35)50-16-12-48(13-17-50)34(56)33(29(3)54)52-26-30(43-46-52)7-5-6-8-38/h1,25-26,28-29,33,53-54H,5-24,27,38H2,2-3H3,(H,39,40,41,42)/t28?,29-,33+/m1/s1. The number of unbranched alkanes of at least 4 members (excludes halogenated alkanes) is 1. The molecule has 2 saturated heterocycles. The van der Waals surface area contributed by atoms with Crippen molar-refractivity contribution in [2.24, 2.45) is 5.73 Å². The molecule has 22 nitrogen and oxygen atoms in total. The van der Waals surface area contributed by atoms with Crippen LogP contribution in [0.2, 0.25) is 0 Å². The summed E-state index contributed by atoms with van der Waals surface area (Å²) in [5.74, 6) is 3.37. The van der Waals surface area contributed by atoms with Gasteiger partial charge in [-0.2, -0.15) is 15.0 Å². The van der Waals surface area contributed by atoms with Gasteiger partial charge in [-0.1, -0.05) is 16.3 Å². The van der Waals surface area contributed by atoms with Crippen molar-refractivity contribution in [1.29, 1.82) is 0 Å². The third-order valence-electron chi connectivity index (χ3n) is 9.69. The summed E-state index contributed by atoms with van der Waals surface area (Å²) in [7, 11) is 0. The van der Waals surface area contributed by atoms with Crippen molar-refractivity contribution in [3.63, 3.8) is 0 Å². The molecule has 2 fully saturated rings. The molecule has 0 aromatic carbocycles. The number of nitrogens with zero attached hydrogens (tertiary/aromatic N) is 13. The van der Waals surface area contributed by atoms with E-state index < -0.39 is 18.2 Å². The second-order valence-corrected chi connectivity index (χ2v) is 14.4. The molecule has 0 radical (unpaired) electrons. The van der Waals surface area contributed by atoms with Crippen LogP contribution in [-0.2, 0) is 43.2 Å². The number of ether oxygens (including phenoxy) is 3. The fraction of sp³-hybridized carbons (Fsp3) is 0.703. The van der Waals surface area contributed by atoms with Crippen LogP contribution in [0.15, 0.2) is 12.4 Å². The van der Waals surface area contributed by atoms with Gasteiger partial charge in [-0.3, -0.25) is 9.59 Å². The van der Waals surface area contributed by atoms with E-state index in [4.69, 9.17) is 41.3 Å². The zero-order valence-corrected chi connectivity index (χ0v) is 34.1. The Morgan fingerprint density at radius 3 is 2.08 bits per heavy atom. The molecule has 3 aromatic heterocycles. The van der Waals surface area contributed by atoms with E-state index in [0.717, 1.165) is 18.5 Å². The lowest BCUT2D eigenvalue weighted by molar-refractivity contribution is -0.138. The Balaban J connectivity index is 1.19. The number of aliphatic hydroxyl groups is 2. The monoisotopic (exact) mass is 825 g/mol. The Morgan fingerprint density at radius 2 is 1.46 bits per heavy atom. The molecule has 59 heavy (non-hydrogen) atoms. The van der Waals surface area contributed by atoms with Crippen molar-refractivity contribution in [1.82, 2.24) is 54.7 Å². The topological polar surface area (TPSA) is 253 Å². The van der Waals surface area contributed by atoms with Crippen LogP contribution in [0.5, 0.6) is 0 Å². The van der Waals surface area contributed by atoms with Crippen molar-refractivity contribution in [3.8, 4) is 12.3 Å². The molecule has 22 heteroatoms. The van der Waals surface area contributed by atoms with Crippen molar-refractivity contribution < 1.29 is 34.0 Å². The van der Waals surface area contributed by atoms with Crippen LogP contribution in [0, 0.1) is 12.3 Å². The minimum absolute atomic E-state index is 0.0491. The number of aryl methyl sites for hydroxylation is 1. The lowest BCUT2D eigenvalue weighted by Gasteiger charge is -2.37. The zero-order chi connectivity index (χ0) is 42.0. The van der Waals surface area contributed by atoms with E-state index in [-0.39, 0.29) is 25.0 Å². The van der Waals surface area contributed by atoms with Gasteiger partial charge in [-0.05, 0) is 39.7 Å². The van der Waals surface area contributed by atoms with Gasteiger partial charge in [0, 0.05) is 77.7 Å². The summed E-state index contributed by atoms with van der Waals surface area (Å²) in [5, 5.41) is 40.0. The predicted molar refractivity (Wildman–Crippen MR) is 215 cm³/mol. The highest BCUT2D eigenvalue weighted by molar-refractivity contribution is 5.81.